The van der Waals surface area contributed by atoms with E-state index in [0.717, 1.165) is 16.5 Å². The minimum atomic E-state index is -0.678. The Morgan fingerprint density at radius 2 is 1.33 bits per heavy atom. The first-order valence-electron chi connectivity index (χ1n) is 9.56. The topological polar surface area (TPSA) is 72.5 Å². The highest BCUT2D eigenvalue weighted by Crippen LogP contribution is 2.28. The largest absolute Gasteiger partial charge is 0.459 e. The Kier molecular flexibility index (Phi) is 4.41. The first-order chi connectivity index (χ1) is 14.7. The zero-order chi connectivity index (χ0) is 20.5. The summed E-state index contributed by atoms with van der Waals surface area (Å²) in [7, 11) is 0. The minimum absolute atomic E-state index is 0.0502. The van der Waals surface area contributed by atoms with Crippen molar-refractivity contribution in [2.45, 2.75) is 6.04 Å². The van der Waals surface area contributed by atoms with Crippen LogP contribution in [-0.4, -0.2) is 5.91 Å². The number of rotatable bonds is 4. The molecule has 2 aromatic heterocycles. The van der Waals surface area contributed by atoms with E-state index in [9.17, 15) is 9.59 Å². The molecule has 0 spiro atoms. The molecule has 0 aliphatic carbocycles. The first-order valence-corrected chi connectivity index (χ1v) is 9.56. The summed E-state index contributed by atoms with van der Waals surface area (Å²) in [6, 6.07) is 27.1. The van der Waals surface area contributed by atoms with Crippen LogP contribution in [0.1, 0.15) is 27.7 Å². The third-order valence-electron chi connectivity index (χ3n) is 5.02. The Morgan fingerprint density at radius 1 is 0.733 bits per heavy atom. The maximum absolute atomic E-state index is 13.1. The molecule has 0 aliphatic rings. The lowest BCUT2D eigenvalue weighted by molar-refractivity contribution is 0.0935. The van der Waals surface area contributed by atoms with E-state index in [-0.39, 0.29) is 5.56 Å². The van der Waals surface area contributed by atoms with E-state index < -0.39 is 17.6 Å². The van der Waals surface area contributed by atoms with Gasteiger partial charge in [-0.25, -0.2) is 4.79 Å². The number of benzene rings is 3. The van der Waals surface area contributed by atoms with E-state index in [2.05, 4.69) is 5.32 Å². The van der Waals surface area contributed by atoms with Crippen molar-refractivity contribution in [3.05, 3.63) is 118 Å². The molecule has 0 saturated carbocycles. The molecule has 1 atom stereocenters. The van der Waals surface area contributed by atoms with Crippen LogP contribution in [0.3, 0.4) is 0 Å². The molecule has 1 N–H and O–H groups in total. The van der Waals surface area contributed by atoms with Crippen molar-refractivity contribution in [2.24, 2.45) is 0 Å². The van der Waals surface area contributed by atoms with Crippen molar-refractivity contribution in [3.8, 4) is 0 Å². The van der Waals surface area contributed by atoms with Gasteiger partial charge in [0.25, 0.3) is 5.91 Å². The van der Waals surface area contributed by atoms with Gasteiger partial charge in [0.05, 0.1) is 0 Å². The van der Waals surface area contributed by atoms with E-state index in [1.807, 2.05) is 66.7 Å². The minimum Gasteiger partial charge on any atom is -0.459 e. The maximum atomic E-state index is 13.1. The number of hydrogen-bond acceptors (Lipinski definition) is 4. The summed E-state index contributed by atoms with van der Waals surface area (Å²) in [6.45, 7) is 0. The summed E-state index contributed by atoms with van der Waals surface area (Å²) in [6.07, 6.45) is 0. The maximum Gasteiger partial charge on any atom is 0.349 e. The van der Waals surface area contributed by atoms with Crippen molar-refractivity contribution < 1.29 is 13.6 Å². The number of fused-ring (bicyclic) bond motifs is 2. The van der Waals surface area contributed by atoms with Gasteiger partial charge in [-0.15, -0.1) is 0 Å². The number of para-hydroxylation sites is 2. The van der Waals surface area contributed by atoms with Crippen LogP contribution in [0.4, 0.5) is 0 Å². The summed E-state index contributed by atoms with van der Waals surface area (Å²) in [5.41, 5.74) is 1.28. The van der Waals surface area contributed by atoms with Crippen molar-refractivity contribution in [2.75, 3.05) is 0 Å². The summed E-state index contributed by atoms with van der Waals surface area (Å²) in [4.78, 5) is 25.5. The number of nitrogens with one attached hydrogen (secondary N) is 1. The second-order valence-electron chi connectivity index (χ2n) is 6.99. The number of hydrogen-bond donors (Lipinski definition) is 1. The zero-order valence-corrected chi connectivity index (χ0v) is 15.9. The number of carbonyl (C=O) groups excluding carboxylic acids is 1. The molecular weight excluding hydrogens is 378 g/mol. The summed E-state index contributed by atoms with van der Waals surface area (Å²) in [5.74, 6) is 0.0599. The molecule has 0 bridgehead atoms. The molecule has 5 heteroatoms. The van der Waals surface area contributed by atoms with Crippen LogP contribution in [0.5, 0.6) is 0 Å². The standard InChI is InChI=1S/C25H17NO4/c27-24(19-14-17-10-4-7-13-21(17)30-25(19)28)26-23(16-8-2-1-3-9-16)22-15-18-11-5-6-12-20(18)29-22/h1-15,23H,(H,26,27)/t23-/m0/s1. The van der Waals surface area contributed by atoms with Gasteiger partial charge in [0.2, 0.25) is 0 Å². The van der Waals surface area contributed by atoms with E-state index in [0.29, 0.717) is 16.7 Å². The third-order valence-corrected chi connectivity index (χ3v) is 5.02. The van der Waals surface area contributed by atoms with Gasteiger partial charge in [-0.1, -0.05) is 66.7 Å². The van der Waals surface area contributed by atoms with E-state index in [1.54, 1.807) is 24.3 Å². The van der Waals surface area contributed by atoms with Gasteiger partial charge >= 0.3 is 5.63 Å². The van der Waals surface area contributed by atoms with Gasteiger partial charge in [0, 0.05) is 10.8 Å². The second kappa shape index (κ2) is 7.37. The normalized spacial score (nSPS) is 12.1. The number of furan rings is 1. The fourth-order valence-corrected chi connectivity index (χ4v) is 3.54. The molecule has 0 saturated heterocycles. The molecule has 0 unspecified atom stereocenters. The quantitative estimate of drug-likeness (QED) is 0.432. The Hall–Kier alpha value is -4.12. The van der Waals surface area contributed by atoms with Crippen molar-refractivity contribution in [3.63, 3.8) is 0 Å². The zero-order valence-electron chi connectivity index (χ0n) is 15.9. The van der Waals surface area contributed by atoms with Crippen LogP contribution in [0.25, 0.3) is 21.9 Å². The Bertz CT molecular complexity index is 1380. The van der Waals surface area contributed by atoms with Crippen LogP contribution in [0.2, 0.25) is 0 Å². The molecule has 5 rings (SSSR count). The fraction of sp³-hybridized carbons (Fsp3) is 0.0400. The van der Waals surface area contributed by atoms with Crippen LogP contribution in [-0.2, 0) is 0 Å². The average Bonchev–Trinajstić information content (AvgIpc) is 3.21. The first kappa shape index (κ1) is 17.9. The highest BCUT2D eigenvalue weighted by atomic mass is 16.4. The SMILES string of the molecule is O=C(N[C@@H](c1ccccc1)c1cc2ccccc2o1)c1cc2ccccc2oc1=O. The third kappa shape index (κ3) is 3.26. The highest BCUT2D eigenvalue weighted by Gasteiger charge is 2.23. The van der Waals surface area contributed by atoms with Gasteiger partial charge in [-0.3, -0.25) is 4.79 Å². The molecule has 30 heavy (non-hydrogen) atoms. The van der Waals surface area contributed by atoms with Gasteiger partial charge in [0.1, 0.15) is 28.5 Å². The molecule has 5 aromatic rings. The lowest BCUT2D eigenvalue weighted by Gasteiger charge is -2.17. The predicted octanol–water partition coefficient (Wildman–Crippen LogP) is 5.06. The highest BCUT2D eigenvalue weighted by molar-refractivity contribution is 5.97. The lowest BCUT2D eigenvalue weighted by Crippen LogP contribution is -2.32. The molecule has 146 valence electrons. The number of carbonyl (C=O) groups is 1. The van der Waals surface area contributed by atoms with Crippen molar-refractivity contribution in [1.82, 2.24) is 5.32 Å². The number of amides is 1. The Labute approximate surface area is 171 Å². The fourth-order valence-electron chi connectivity index (χ4n) is 3.54. The van der Waals surface area contributed by atoms with Crippen molar-refractivity contribution in [1.29, 1.82) is 0 Å². The lowest BCUT2D eigenvalue weighted by atomic mass is 10.0. The van der Waals surface area contributed by atoms with Gasteiger partial charge in [-0.05, 0) is 29.8 Å². The van der Waals surface area contributed by atoms with E-state index in [1.165, 1.54) is 0 Å². The van der Waals surface area contributed by atoms with Crippen LogP contribution < -0.4 is 10.9 Å². The van der Waals surface area contributed by atoms with Gasteiger partial charge < -0.3 is 14.2 Å². The van der Waals surface area contributed by atoms with E-state index in [4.69, 9.17) is 8.83 Å². The molecular formula is C25H17NO4. The predicted molar refractivity (Wildman–Crippen MR) is 114 cm³/mol. The average molecular weight is 395 g/mol. The smallest absolute Gasteiger partial charge is 0.349 e. The molecule has 0 radical (unpaired) electrons. The Balaban J connectivity index is 1.56. The van der Waals surface area contributed by atoms with Crippen LogP contribution in [0.15, 0.2) is 105 Å². The summed E-state index contributed by atoms with van der Waals surface area (Å²) >= 11 is 0. The van der Waals surface area contributed by atoms with Crippen molar-refractivity contribution >= 4 is 27.8 Å². The summed E-state index contributed by atoms with van der Waals surface area (Å²) < 4.78 is 11.3. The van der Waals surface area contributed by atoms with E-state index >= 15 is 0 Å². The molecule has 0 fully saturated rings. The molecule has 0 aliphatic heterocycles. The monoisotopic (exact) mass is 395 g/mol. The molecule has 2 heterocycles. The van der Waals surface area contributed by atoms with Crippen LogP contribution >= 0.6 is 0 Å². The Morgan fingerprint density at radius 3 is 2.03 bits per heavy atom. The second-order valence-corrected chi connectivity index (χ2v) is 6.99. The summed E-state index contributed by atoms with van der Waals surface area (Å²) in [5, 5.41) is 4.56. The van der Waals surface area contributed by atoms with Gasteiger partial charge in [0.15, 0.2) is 0 Å². The van der Waals surface area contributed by atoms with Crippen LogP contribution in [0, 0.1) is 0 Å². The van der Waals surface area contributed by atoms with Gasteiger partial charge in [-0.2, -0.15) is 0 Å². The molecule has 5 nitrogen and oxygen atoms in total. The molecule has 1 amide bonds. The molecule has 3 aromatic carbocycles.